The van der Waals surface area contributed by atoms with E-state index >= 15 is 0 Å². The molecule has 2 aromatic carbocycles. The molecule has 0 atom stereocenters. The Balaban J connectivity index is 1.47. The molecule has 156 valence electrons. The van der Waals surface area contributed by atoms with Gasteiger partial charge in [0.2, 0.25) is 10.0 Å². The van der Waals surface area contributed by atoms with E-state index in [1.165, 1.54) is 18.9 Å². The standard InChI is InChI=1S/C23H29FN2O2S/c1-18-9-13-25(14-10-18)20-11-15-26(16-12-20)29(27,28)21-6-4-5-19(17-21)22-7-2-3-8-23(22)24/h2-8,17-18,20H,9-16H2,1H3. The third kappa shape index (κ3) is 4.39. The molecule has 2 heterocycles. The first-order valence-electron chi connectivity index (χ1n) is 10.5. The van der Waals surface area contributed by atoms with Crippen LogP contribution in [0.5, 0.6) is 0 Å². The van der Waals surface area contributed by atoms with E-state index in [0.717, 1.165) is 31.8 Å². The number of halogens is 1. The lowest BCUT2D eigenvalue weighted by molar-refractivity contribution is 0.101. The molecular weight excluding hydrogens is 387 g/mol. The van der Waals surface area contributed by atoms with Gasteiger partial charge in [0, 0.05) is 24.7 Å². The van der Waals surface area contributed by atoms with Crippen LogP contribution in [0.2, 0.25) is 0 Å². The topological polar surface area (TPSA) is 40.6 Å². The molecule has 0 radical (unpaired) electrons. The average Bonchev–Trinajstić information content (AvgIpc) is 2.75. The Morgan fingerprint density at radius 2 is 1.59 bits per heavy atom. The lowest BCUT2D eigenvalue weighted by Crippen LogP contribution is -2.48. The van der Waals surface area contributed by atoms with Gasteiger partial charge in [-0.3, -0.25) is 0 Å². The summed E-state index contributed by atoms with van der Waals surface area (Å²) in [5.41, 5.74) is 1.00. The quantitative estimate of drug-likeness (QED) is 0.743. The van der Waals surface area contributed by atoms with E-state index in [4.69, 9.17) is 0 Å². The second-order valence-corrected chi connectivity index (χ2v) is 10.3. The maximum atomic E-state index is 14.1. The van der Waals surface area contributed by atoms with Crippen LogP contribution in [0.4, 0.5) is 4.39 Å². The molecule has 2 saturated heterocycles. The molecule has 0 unspecified atom stereocenters. The van der Waals surface area contributed by atoms with Crippen molar-refractivity contribution in [2.75, 3.05) is 26.2 Å². The summed E-state index contributed by atoms with van der Waals surface area (Å²) < 4.78 is 42.1. The van der Waals surface area contributed by atoms with Gasteiger partial charge in [0.25, 0.3) is 0 Å². The second kappa shape index (κ2) is 8.54. The van der Waals surface area contributed by atoms with Gasteiger partial charge in [-0.25, -0.2) is 12.8 Å². The number of hydrogen-bond donors (Lipinski definition) is 0. The molecule has 0 aliphatic carbocycles. The highest BCUT2D eigenvalue weighted by Crippen LogP contribution is 2.29. The summed E-state index contributed by atoms with van der Waals surface area (Å²) >= 11 is 0. The minimum absolute atomic E-state index is 0.239. The Bertz CT molecular complexity index is 947. The highest BCUT2D eigenvalue weighted by atomic mass is 32.2. The first kappa shape index (κ1) is 20.5. The van der Waals surface area contributed by atoms with Crippen LogP contribution in [0, 0.1) is 11.7 Å². The third-order valence-electron chi connectivity index (χ3n) is 6.41. The monoisotopic (exact) mass is 416 g/mol. The van der Waals surface area contributed by atoms with Crippen LogP contribution in [0.25, 0.3) is 11.1 Å². The van der Waals surface area contributed by atoms with E-state index in [2.05, 4.69) is 11.8 Å². The van der Waals surface area contributed by atoms with Crippen LogP contribution in [-0.4, -0.2) is 49.8 Å². The lowest BCUT2D eigenvalue weighted by atomic mass is 9.95. The number of hydrogen-bond acceptors (Lipinski definition) is 3. The van der Waals surface area contributed by atoms with Crippen LogP contribution in [0.1, 0.15) is 32.6 Å². The molecule has 0 bridgehead atoms. The molecule has 2 fully saturated rings. The highest BCUT2D eigenvalue weighted by molar-refractivity contribution is 7.89. The van der Waals surface area contributed by atoms with Crippen LogP contribution >= 0.6 is 0 Å². The zero-order valence-electron chi connectivity index (χ0n) is 16.9. The summed E-state index contributed by atoms with van der Waals surface area (Å²) in [7, 11) is -3.58. The van der Waals surface area contributed by atoms with Crippen molar-refractivity contribution in [2.24, 2.45) is 5.92 Å². The first-order chi connectivity index (χ1) is 13.9. The average molecular weight is 417 g/mol. The smallest absolute Gasteiger partial charge is 0.243 e. The van der Waals surface area contributed by atoms with Gasteiger partial charge in [0.15, 0.2) is 0 Å². The van der Waals surface area contributed by atoms with E-state index in [0.29, 0.717) is 30.3 Å². The molecule has 0 spiro atoms. The summed E-state index contributed by atoms with van der Waals surface area (Å²) in [5.74, 6) is 0.451. The number of benzene rings is 2. The minimum Gasteiger partial charge on any atom is -0.300 e. The van der Waals surface area contributed by atoms with Gasteiger partial charge >= 0.3 is 0 Å². The van der Waals surface area contributed by atoms with Gasteiger partial charge in [0.1, 0.15) is 5.82 Å². The summed E-state index contributed by atoms with van der Waals surface area (Å²) in [5, 5.41) is 0. The number of piperidine rings is 2. The Kier molecular flexibility index (Phi) is 6.04. The predicted molar refractivity (Wildman–Crippen MR) is 114 cm³/mol. The third-order valence-corrected chi connectivity index (χ3v) is 8.31. The fourth-order valence-corrected chi connectivity index (χ4v) is 6.03. The van der Waals surface area contributed by atoms with E-state index in [-0.39, 0.29) is 10.7 Å². The molecule has 4 rings (SSSR count). The Labute approximate surface area is 173 Å². The lowest BCUT2D eigenvalue weighted by Gasteiger charge is -2.41. The van der Waals surface area contributed by atoms with Gasteiger partial charge in [-0.1, -0.05) is 37.3 Å². The summed E-state index contributed by atoms with van der Waals surface area (Å²) in [4.78, 5) is 2.78. The molecule has 6 heteroatoms. The number of sulfonamides is 1. The van der Waals surface area contributed by atoms with E-state index in [1.807, 2.05) is 0 Å². The van der Waals surface area contributed by atoms with Crippen LogP contribution in [-0.2, 0) is 10.0 Å². The maximum Gasteiger partial charge on any atom is 0.243 e. The van der Waals surface area contributed by atoms with Crippen molar-refractivity contribution >= 4 is 10.0 Å². The van der Waals surface area contributed by atoms with Crippen LogP contribution in [0.3, 0.4) is 0 Å². The van der Waals surface area contributed by atoms with Gasteiger partial charge in [0.05, 0.1) is 4.90 Å². The Hall–Kier alpha value is -1.76. The van der Waals surface area contributed by atoms with Crippen molar-refractivity contribution in [3.05, 3.63) is 54.3 Å². The van der Waals surface area contributed by atoms with Crippen molar-refractivity contribution in [3.63, 3.8) is 0 Å². The summed E-state index contributed by atoms with van der Waals surface area (Å²) in [6.45, 7) is 5.65. The molecule has 0 N–H and O–H groups in total. The van der Waals surface area contributed by atoms with E-state index in [9.17, 15) is 12.8 Å². The molecule has 0 amide bonds. The van der Waals surface area contributed by atoms with Crippen molar-refractivity contribution in [1.29, 1.82) is 0 Å². The van der Waals surface area contributed by atoms with Crippen molar-refractivity contribution in [3.8, 4) is 11.1 Å². The maximum absolute atomic E-state index is 14.1. The zero-order chi connectivity index (χ0) is 20.4. The van der Waals surface area contributed by atoms with Crippen molar-refractivity contribution in [2.45, 2.75) is 43.5 Å². The fourth-order valence-electron chi connectivity index (χ4n) is 4.51. The number of rotatable bonds is 4. The molecule has 29 heavy (non-hydrogen) atoms. The minimum atomic E-state index is -3.58. The highest BCUT2D eigenvalue weighted by Gasteiger charge is 2.32. The van der Waals surface area contributed by atoms with E-state index < -0.39 is 10.0 Å². The SMILES string of the molecule is CC1CCN(C2CCN(S(=O)(=O)c3cccc(-c4ccccc4F)c3)CC2)CC1. The summed E-state index contributed by atoms with van der Waals surface area (Å²) in [6, 6.07) is 13.6. The van der Waals surface area contributed by atoms with Crippen molar-refractivity contribution in [1.82, 2.24) is 9.21 Å². The number of nitrogens with zero attached hydrogens (tertiary/aromatic N) is 2. The number of likely N-dealkylation sites (tertiary alicyclic amines) is 1. The molecule has 0 aromatic heterocycles. The molecule has 2 aliphatic rings. The Morgan fingerprint density at radius 3 is 2.28 bits per heavy atom. The molecule has 4 nitrogen and oxygen atoms in total. The molecule has 2 aromatic rings. The first-order valence-corrected chi connectivity index (χ1v) is 12.0. The largest absolute Gasteiger partial charge is 0.300 e. The predicted octanol–water partition coefficient (Wildman–Crippen LogP) is 4.38. The molecule has 0 saturated carbocycles. The van der Waals surface area contributed by atoms with Gasteiger partial charge in [-0.15, -0.1) is 0 Å². The van der Waals surface area contributed by atoms with Crippen LogP contribution in [0.15, 0.2) is 53.4 Å². The molecule has 2 aliphatic heterocycles. The zero-order valence-corrected chi connectivity index (χ0v) is 17.7. The van der Waals surface area contributed by atoms with Gasteiger partial charge < -0.3 is 4.90 Å². The van der Waals surface area contributed by atoms with Gasteiger partial charge in [-0.05, 0) is 68.5 Å². The Morgan fingerprint density at radius 1 is 0.897 bits per heavy atom. The van der Waals surface area contributed by atoms with Gasteiger partial charge in [-0.2, -0.15) is 4.31 Å². The second-order valence-electron chi connectivity index (χ2n) is 8.36. The van der Waals surface area contributed by atoms with Crippen LogP contribution < -0.4 is 0 Å². The molecular formula is C23H29FN2O2S. The fraction of sp³-hybridized carbons (Fsp3) is 0.478. The van der Waals surface area contributed by atoms with Crippen molar-refractivity contribution < 1.29 is 12.8 Å². The normalized spacial score (nSPS) is 20.8. The van der Waals surface area contributed by atoms with E-state index in [1.54, 1.807) is 46.8 Å². The summed E-state index contributed by atoms with van der Waals surface area (Å²) in [6.07, 6.45) is 4.23.